The first-order chi connectivity index (χ1) is 22.8. The summed E-state index contributed by atoms with van der Waals surface area (Å²) in [5.74, 6) is -1.24. The molecular weight excluding hydrogens is 588 g/mol. The SMILES string of the molecule is CCOC(=O)C(CCc1ccccc1)CN(CC(C)C)C(=O)N[C@@H](Cc1ccc(-c2ccccc2)cc1)C(=O)OCc1ccccc1. The maximum atomic E-state index is 13.9. The fraction of sp³-hybridized carbons (Fsp3) is 0.325. The van der Waals surface area contributed by atoms with Gasteiger partial charge in [0.25, 0.3) is 0 Å². The van der Waals surface area contributed by atoms with Crippen molar-refractivity contribution < 1.29 is 23.9 Å². The van der Waals surface area contributed by atoms with Gasteiger partial charge in [-0.2, -0.15) is 0 Å². The van der Waals surface area contributed by atoms with Crippen LogP contribution in [0.3, 0.4) is 0 Å². The quantitative estimate of drug-likeness (QED) is 0.129. The predicted octanol–water partition coefficient (Wildman–Crippen LogP) is 7.49. The molecule has 0 aromatic heterocycles. The van der Waals surface area contributed by atoms with Crippen LogP contribution < -0.4 is 5.32 Å². The predicted molar refractivity (Wildman–Crippen MR) is 185 cm³/mol. The minimum atomic E-state index is -0.936. The first-order valence-electron chi connectivity index (χ1n) is 16.4. The number of amides is 2. The topological polar surface area (TPSA) is 84.9 Å². The number of carbonyl (C=O) groups excluding carboxylic acids is 3. The molecule has 0 aliphatic heterocycles. The van der Waals surface area contributed by atoms with Crippen molar-refractivity contribution in [2.45, 2.75) is 52.7 Å². The highest BCUT2D eigenvalue weighted by Crippen LogP contribution is 2.21. The Morgan fingerprint density at radius 3 is 1.83 bits per heavy atom. The molecule has 0 spiro atoms. The molecule has 4 aromatic carbocycles. The highest BCUT2D eigenvalue weighted by Gasteiger charge is 2.30. The molecule has 2 atom stereocenters. The van der Waals surface area contributed by atoms with Gasteiger partial charge in [-0.15, -0.1) is 0 Å². The Hall–Kier alpha value is -4.91. The molecule has 0 radical (unpaired) electrons. The van der Waals surface area contributed by atoms with E-state index < -0.39 is 24.0 Å². The lowest BCUT2D eigenvalue weighted by atomic mass is 9.98. The van der Waals surface area contributed by atoms with E-state index in [1.54, 1.807) is 11.8 Å². The lowest BCUT2D eigenvalue weighted by Crippen LogP contribution is -2.52. The second-order valence-corrected chi connectivity index (χ2v) is 12.1. The fourth-order valence-electron chi connectivity index (χ4n) is 5.44. The van der Waals surface area contributed by atoms with Gasteiger partial charge in [-0.05, 0) is 53.5 Å². The first kappa shape index (κ1) is 35.0. The number of carbonyl (C=O) groups is 3. The van der Waals surface area contributed by atoms with Crippen LogP contribution in [0.1, 0.15) is 43.9 Å². The van der Waals surface area contributed by atoms with Crippen molar-refractivity contribution in [1.82, 2.24) is 10.2 Å². The summed E-state index contributed by atoms with van der Waals surface area (Å²) in [6.07, 6.45) is 1.45. The van der Waals surface area contributed by atoms with Gasteiger partial charge in [0.15, 0.2) is 0 Å². The lowest BCUT2D eigenvalue weighted by Gasteiger charge is -2.30. The molecule has 0 fully saturated rings. The molecular formula is C40H46N2O5. The van der Waals surface area contributed by atoms with Crippen LogP contribution in [0.4, 0.5) is 4.79 Å². The standard InChI is InChI=1S/C40H46N2O5/c1-4-46-38(43)36(25-20-31-14-8-5-9-15-31)28-42(27-30(2)3)40(45)41-37(39(44)47-29-33-16-10-6-11-17-33)26-32-21-23-35(24-22-32)34-18-12-7-13-19-34/h5-19,21-24,30,36-37H,4,20,25-29H2,1-3H3,(H,41,45)/t36?,37-/m0/s1. The Bertz CT molecular complexity index is 1530. The molecule has 0 bridgehead atoms. The number of hydrogen-bond acceptors (Lipinski definition) is 5. The number of hydrogen-bond donors (Lipinski definition) is 1. The number of esters is 2. The second-order valence-electron chi connectivity index (χ2n) is 12.1. The van der Waals surface area contributed by atoms with Gasteiger partial charge in [-0.25, -0.2) is 9.59 Å². The van der Waals surface area contributed by atoms with Crippen LogP contribution in [0.15, 0.2) is 115 Å². The average molecular weight is 635 g/mol. The summed E-state index contributed by atoms with van der Waals surface area (Å²) < 4.78 is 11.1. The van der Waals surface area contributed by atoms with Crippen molar-refractivity contribution in [2.24, 2.45) is 11.8 Å². The maximum Gasteiger partial charge on any atom is 0.329 e. The van der Waals surface area contributed by atoms with E-state index in [0.29, 0.717) is 19.4 Å². The van der Waals surface area contributed by atoms with Gasteiger partial charge in [0.2, 0.25) is 0 Å². The number of rotatable bonds is 16. The molecule has 47 heavy (non-hydrogen) atoms. The number of benzene rings is 4. The zero-order chi connectivity index (χ0) is 33.4. The minimum absolute atomic E-state index is 0.0963. The monoisotopic (exact) mass is 634 g/mol. The molecule has 0 aliphatic carbocycles. The van der Waals surface area contributed by atoms with Crippen molar-refractivity contribution in [3.05, 3.63) is 132 Å². The molecule has 0 aliphatic rings. The zero-order valence-electron chi connectivity index (χ0n) is 27.6. The molecule has 2 amide bonds. The van der Waals surface area contributed by atoms with Gasteiger partial charge < -0.3 is 19.7 Å². The van der Waals surface area contributed by atoms with E-state index in [1.807, 2.05) is 129 Å². The zero-order valence-corrected chi connectivity index (χ0v) is 27.6. The van der Waals surface area contributed by atoms with Crippen molar-refractivity contribution >= 4 is 18.0 Å². The average Bonchev–Trinajstić information content (AvgIpc) is 3.09. The molecule has 4 aromatic rings. The summed E-state index contributed by atoms with van der Waals surface area (Å²) in [5.41, 5.74) is 5.01. The van der Waals surface area contributed by atoms with Crippen LogP contribution >= 0.6 is 0 Å². The van der Waals surface area contributed by atoms with Crippen LogP contribution in [-0.4, -0.2) is 48.6 Å². The molecule has 1 N–H and O–H groups in total. The Morgan fingerprint density at radius 2 is 1.23 bits per heavy atom. The van der Waals surface area contributed by atoms with Gasteiger partial charge in [0.1, 0.15) is 12.6 Å². The largest absolute Gasteiger partial charge is 0.466 e. The van der Waals surface area contributed by atoms with Crippen LogP contribution in [0.2, 0.25) is 0 Å². The summed E-state index contributed by atoms with van der Waals surface area (Å²) >= 11 is 0. The molecule has 0 saturated heterocycles. The van der Waals surface area contributed by atoms with E-state index in [2.05, 4.69) is 5.32 Å². The molecule has 246 valence electrons. The number of nitrogens with one attached hydrogen (secondary N) is 1. The minimum Gasteiger partial charge on any atom is -0.466 e. The van der Waals surface area contributed by atoms with Crippen molar-refractivity contribution in [1.29, 1.82) is 0 Å². The Kier molecular flexibility index (Phi) is 13.6. The van der Waals surface area contributed by atoms with Crippen molar-refractivity contribution in [3.8, 4) is 11.1 Å². The first-order valence-corrected chi connectivity index (χ1v) is 16.4. The summed E-state index contributed by atoms with van der Waals surface area (Å²) in [6, 6.07) is 36.1. The summed E-state index contributed by atoms with van der Waals surface area (Å²) in [7, 11) is 0. The van der Waals surface area contributed by atoms with Crippen LogP contribution in [0, 0.1) is 11.8 Å². The number of aryl methyl sites for hydroxylation is 1. The fourth-order valence-corrected chi connectivity index (χ4v) is 5.44. The Morgan fingerprint density at radius 1 is 0.660 bits per heavy atom. The van der Waals surface area contributed by atoms with E-state index in [0.717, 1.165) is 27.8 Å². The molecule has 0 heterocycles. The van der Waals surface area contributed by atoms with E-state index in [9.17, 15) is 14.4 Å². The number of urea groups is 1. The smallest absolute Gasteiger partial charge is 0.329 e. The van der Waals surface area contributed by atoms with Crippen LogP contribution in [0.25, 0.3) is 11.1 Å². The summed E-state index contributed by atoms with van der Waals surface area (Å²) in [4.78, 5) is 42.2. The Balaban J connectivity index is 1.52. The van der Waals surface area contributed by atoms with E-state index in [-0.39, 0.29) is 38.1 Å². The van der Waals surface area contributed by atoms with Gasteiger partial charge in [-0.1, -0.05) is 129 Å². The number of ether oxygens (including phenoxy) is 2. The van der Waals surface area contributed by atoms with Gasteiger partial charge in [0.05, 0.1) is 12.5 Å². The molecule has 4 rings (SSSR count). The van der Waals surface area contributed by atoms with Gasteiger partial charge >= 0.3 is 18.0 Å². The highest BCUT2D eigenvalue weighted by atomic mass is 16.5. The normalized spacial score (nSPS) is 12.2. The van der Waals surface area contributed by atoms with E-state index in [1.165, 1.54) is 0 Å². The van der Waals surface area contributed by atoms with Crippen molar-refractivity contribution in [3.63, 3.8) is 0 Å². The highest BCUT2D eigenvalue weighted by molar-refractivity contribution is 5.84. The molecule has 7 nitrogen and oxygen atoms in total. The van der Waals surface area contributed by atoms with Gasteiger partial charge in [0, 0.05) is 19.5 Å². The van der Waals surface area contributed by atoms with Crippen LogP contribution in [-0.2, 0) is 38.5 Å². The van der Waals surface area contributed by atoms with Crippen molar-refractivity contribution in [2.75, 3.05) is 19.7 Å². The molecule has 1 unspecified atom stereocenters. The summed E-state index contributed by atoms with van der Waals surface area (Å²) in [6.45, 7) is 6.75. The molecule has 7 heteroatoms. The second kappa shape index (κ2) is 18.3. The van der Waals surface area contributed by atoms with E-state index in [4.69, 9.17) is 9.47 Å². The Labute approximate surface area is 278 Å². The maximum absolute atomic E-state index is 13.9. The van der Waals surface area contributed by atoms with Gasteiger partial charge in [-0.3, -0.25) is 4.79 Å². The third kappa shape index (κ3) is 11.4. The third-order valence-corrected chi connectivity index (χ3v) is 7.86. The van der Waals surface area contributed by atoms with E-state index >= 15 is 0 Å². The molecule has 0 saturated carbocycles. The lowest BCUT2D eigenvalue weighted by molar-refractivity contribution is -0.149. The number of nitrogens with zero attached hydrogens (tertiary/aromatic N) is 1. The third-order valence-electron chi connectivity index (χ3n) is 7.86. The van der Waals surface area contributed by atoms with Crippen LogP contribution in [0.5, 0.6) is 0 Å². The summed E-state index contributed by atoms with van der Waals surface area (Å²) in [5, 5.41) is 2.96.